The van der Waals surface area contributed by atoms with Crippen molar-refractivity contribution < 1.29 is 4.74 Å². The summed E-state index contributed by atoms with van der Waals surface area (Å²) in [6, 6.07) is 1.80. The van der Waals surface area contributed by atoms with Crippen molar-refractivity contribution in [1.82, 2.24) is 10.2 Å². The van der Waals surface area contributed by atoms with E-state index in [0.29, 0.717) is 5.88 Å². The van der Waals surface area contributed by atoms with Crippen molar-refractivity contribution in [3.8, 4) is 5.88 Å². The van der Waals surface area contributed by atoms with E-state index in [2.05, 4.69) is 10.2 Å². The minimum absolute atomic E-state index is 0.146. The molecule has 10 heavy (non-hydrogen) atoms. The van der Waals surface area contributed by atoms with Gasteiger partial charge in [0.2, 0.25) is 5.88 Å². The van der Waals surface area contributed by atoms with Gasteiger partial charge in [0, 0.05) is 6.07 Å². The average Bonchev–Trinajstić information content (AvgIpc) is 2.12. The third-order valence-electron chi connectivity index (χ3n) is 0.891. The van der Waals surface area contributed by atoms with Crippen molar-refractivity contribution in [2.45, 2.75) is 26.4 Å². The second-order valence-electron chi connectivity index (χ2n) is 3.14. The van der Waals surface area contributed by atoms with Crippen LogP contribution in [-0.4, -0.2) is 15.8 Å². The van der Waals surface area contributed by atoms with Crippen LogP contribution in [0.2, 0.25) is 0 Å². The summed E-state index contributed by atoms with van der Waals surface area (Å²) in [5.41, 5.74) is -0.146. The molecule has 0 fully saturated rings. The van der Waals surface area contributed by atoms with Gasteiger partial charge in [-0.25, -0.2) is 5.10 Å². The van der Waals surface area contributed by atoms with Crippen LogP contribution in [0.5, 0.6) is 5.88 Å². The summed E-state index contributed by atoms with van der Waals surface area (Å²) >= 11 is 0. The number of aromatic amines is 1. The summed E-state index contributed by atoms with van der Waals surface area (Å²) in [6.07, 6.45) is 1.67. The fourth-order valence-electron chi connectivity index (χ4n) is 0.630. The van der Waals surface area contributed by atoms with E-state index < -0.39 is 0 Å². The van der Waals surface area contributed by atoms with E-state index >= 15 is 0 Å². The number of rotatable bonds is 1. The highest BCUT2D eigenvalue weighted by Crippen LogP contribution is 2.12. The molecule has 0 atom stereocenters. The fourth-order valence-corrected chi connectivity index (χ4v) is 0.630. The van der Waals surface area contributed by atoms with E-state index in [1.54, 1.807) is 12.3 Å². The highest BCUT2D eigenvalue weighted by molar-refractivity contribution is 5.05. The van der Waals surface area contributed by atoms with Crippen LogP contribution in [0.4, 0.5) is 0 Å². The topological polar surface area (TPSA) is 37.9 Å². The van der Waals surface area contributed by atoms with Crippen molar-refractivity contribution in [3.05, 3.63) is 12.3 Å². The molecule has 0 unspecified atom stereocenters. The molecule has 0 saturated carbocycles. The molecule has 3 nitrogen and oxygen atoms in total. The Morgan fingerprint density at radius 3 is 2.60 bits per heavy atom. The number of hydrogen-bond acceptors (Lipinski definition) is 2. The first-order valence-corrected chi connectivity index (χ1v) is 3.26. The first-order valence-electron chi connectivity index (χ1n) is 3.26. The molecule has 0 aliphatic rings. The maximum Gasteiger partial charge on any atom is 0.209 e. The molecule has 0 aliphatic heterocycles. The molecule has 0 amide bonds. The summed E-state index contributed by atoms with van der Waals surface area (Å²) in [7, 11) is 0. The van der Waals surface area contributed by atoms with Gasteiger partial charge in [0.05, 0.1) is 6.20 Å². The van der Waals surface area contributed by atoms with E-state index in [9.17, 15) is 0 Å². The standard InChI is InChI=1S/C7H12N2O/c1-7(2,3)10-6-4-5-8-9-6/h4-5H,1-3H3,(H,8,9). The Labute approximate surface area is 60.4 Å². The molecule has 0 saturated heterocycles. The highest BCUT2D eigenvalue weighted by Gasteiger charge is 2.11. The number of nitrogens with one attached hydrogen (secondary N) is 1. The van der Waals surface area contributed by atoms with Crippen LogP contribution in [0.1, 0.15) is 20.8 Å². The van der Waals surface area contributed by atoms with Gasteiger partial charge in [-0.15, -0.1) is 0 Å². The first kappa shape index (κ1) is 7.12. The summed E-state index contributed by atoms with van der Waals surface area (Å²) in [6.45, 7) is 5.98. The van der Waals surface area contributed by atoms with E-state index in [-0.39, 0.29) is 5.60 Å². The van der Waals surface area contributed by atoms with Gasteiger partial charge >= 0.3 is 0 Å². The van der Waals surface area contributed by atoms with E-state index in [4.69, 9.17) is 4.74 Å². The molecule has 1 aromatic heterocycles. The highest BCUT2D eigenvalue weighted by atomic mass is 16.5. The lowest BCUT2D eigenvalue weighted by Gasteiger charge is -2.18. The molecule has 0 spiro atoms. The Kier molecular flexibility index (Phi) is 1.66. The first-order chi connectivity index (χ1) is 4.58. The number of nitrogens with zero attached hydrogens (tertiary/aromatic N) is 1. The third-order valence-corrected chi connectivity index (χ3v) is 0.891. The molecule has 56 valence electrons. The van der Waals surface area contributed by atoms with Crippen LogP contribution >= 0.6 is 0 Å². The molecular weight excluding hydrogens is 128 g/mol. The molecular formula is C7H12N2O. The Morgan fingerprint density at radius 1 is 1.50 bits per heavy atom. The summed E-state index contributed by atoms with van der Waals surface area (Å²) in [5.74, 6) is 0.715. The molecule has 0 radical (unpaired) electrons. The molecule has 1 aromatic rings. The second-order valence-corrected chi connectivity index (χ2v) is 3.14. The van der Waals surface area contributed by atoms with Gasteiger partial charge in [0.15, 0.2) is 0 Å². The van der Waals surface area contributed by atoms with E-state index in [1.165, 1.54) is 0 Å². The zero-order valence-corrected chi connectivity index (χ0v) is 6.51. The Hall–Kier alpha value is -0.990. The maximum absolute atomic E-state index is 5.42. The van der Waals surface area contributed by atoms with Gasteiger partial charge in [0.1, 0.15) is 5.60 Å². The monoisotopic (exact) mass is 140 g/mol. The van der Waals surface area contributed by atoms with Crippen LogP contribution in [-0.2, 0) is 0 Å². The predicted molar refractivity (Wildman–Crippen MR) is 39.0 cm³/mol. The molecule has 0 aromatic carbocycles. The molecule has 1 rings (SSSR count). The Bertz CT molecular complexity index is 186. The minimum atomic E-state index is -0.146. The van der Waals surface area contributed by atoms with E-state index in [1.807, 2.05) is 20.8 Å². The second kappa shape index (κ2) is 2.33. The SMILES string of the molecule is CC(C)(C)Oc1ccn[nH]1. The van der Waals surface area contributed by atoms with Gasteiger partial charge in [0.25, 0.3) is 0 Å². The quantitative estimate of drug-likeness (QED) is 0.643. The van der Waals surface area contributed by atoms with Gasteiger partial charge in [-0.3, -0.25) is 0 Å². The lowest BCUT2D eigenvalue weighted by molar-refractivity contribution is 0.124. The largest absolute Gasteiger partial charge is 0.472 e. The summed E-state index contributed by atoms with van der Waals surface area (Å²) in [5, 5.41) is 6.48. The Morgan fingerprint density at radius 2 is 2.20 bits per heavy atom. The molecule has 1 N–H and O–H groups in total. The fraction of sp³-hybridized carbons (Fsp3) is 0.571. The van der Waals surface area contributed by atoms with Crippen molar-refractivity contribution in [3.63, 3.8) is 0 Å². The number of H-pyrrole nitrogens is 1. The zero-order chi connectivity index (χ0) is 7.61. The average molecular weight is 140 g/mol. The molecule has 1 heterocycles. The van der Waals surface area contributed by atoms with Gasteiger partial charge in [-0.2, -0.15) is 5.10 Å². The maximum atomic E-state index is 5.42. The number of ether oxygens (including phenoxy) is 1. The lowest BCUT2D eigenvalue weighted by Crippen LogP contribution is -2.23. The van der Waals surface area contributed by atoms with Crippen LogP contribution in [0.3, 0.4) is 0 Å². The predicted octanol–water partition coefficient (Wildman–Crippen LogP) is 1.59. The Balaban J connectivity index is 2.57. The third kappa shape index (κ3) is 2.09. The minimum Gasteiger partial charge on any atom is -0.472 e. The zero-order valence-electron chi connectivity index (χ0n) is 6.51. The summed E-state index contributed by atoms with van der Waals surface area (Å²) in [4.78, 5) is 0. The molecule has 3 heteroatoms. The summed E-state index contributed by atoms with van der Waals surface area (Å²) < 4.78 is 5.42. The van der Waals surface area contributed by atoms with Gasteiger partial charge < -0.3 is 4.74 Å². The molecule has 0 aliphatic carbocycles. The van der Waals surface area contributed by atoms with Crippen LogP contribution in [0.25, 0.3) is 0 Å². The van der Waals surface area contributed by atoms with E-state index in [0.717, 1.165) is 0 Å². The van der Waals surface area contributed by atoms with Crippen LogP contribution in [0, 0.1) is 0 Å². The number of aromatic nitrogens is 2. The van der Waals surface area contributed by atoms with Crippen molar-refractivity contribution in [1.29, 1.82) is 0 Å². The molecule has 0 bridgehead atoms. The van der Waals surface area contributed by atoms with Crippen molar-refractivity contribution in [2.75, 3.05) is 0 Å². The van der Waals surface area contributed by atoms with Crippen LogP contribution in [0.15, 0.2) is 12.3 Å². The van der Waals surface area contributed by atoms with Gasteiger partial charge in [-0.1, -0.05) is 0 Å². The smallest absolute Gasteiger partial charge is 0.209 e. The van der Waals surface area contributed by atoms with Crippen molar-refractivity contribution in [2.24, 2.45) is 0 Å². The number of hydrogen-bond donors (Lipinski definition) is 1. The van der Waals surface area contributed by atoms with Gasteiger partial charge in [-0.05, 0) is 20.8 Å². The lowest BCUT2D eigenvalue weighted by atomic mass is 10.2. The normalized spacial score (nSPS) is 11.5. The van der Waals surface area contributed by atoms with Crippen LogP contribution < -0.4 is 4.74 Å². The van der Waals surface area contributed by atoms with Crippen molar-refractivity contribution >= 4 is 0 Å².